The van der Waals surface area contributed by atoms with Crippen LogP contribution in [0.5, 0.6) is 0 Å². The number of hydrogen-bond acceptors (Lipinski definition) is 7. The Hall–Kier alpha value is -0.410. The van der Waals surface area contributed by atoms with Gasteiger partial charge in [0.05, 0.1) is 0 Å². The first kappa shape index (κ1) is 18.6. The van der Waals surface area contributed by atoms with Crippen molar-refractivity contribution in [3.05, 3.63) is 22.2 Å². The van der Waals surface area contributed by atoms with Crippen LogP contribution >= 0.6 is 21.6 Å². The summed E-state index contributed by atoms with van der Waals surface area (Å²) in [6, 6.07) is 0. The van der Waals surface area contributed by atoms with E-state index in [1.807, 2.05) is 13.3 Å². The molecule has 0 aliphatic heterocycles. The summed E-state index contributed by atoms with van der Waals surface area (Å²) in [6.07, 6.45) is 3.43. The molecule has 1 atom stereocenters. The molecule has 3 N–H and O–H groups in total. The van der Waals surface area contributed by atoms with E-state index in [1.165, 1.54) is 6.20 Å². The van der Waals surface area contributed by atoms with Crippen LogP contribution in [0.15, 0.2) is 11.0 Å². The van der Waals surface area contributed by atoms with Crippen LogP contribution in [-0.2, 0) is 3.07 Å². The van der Waals surface area contributed by atoms with Crippen molar-refractivity contribution in [1.82, 2.24) is 14.9 Å². The Morgan fingerprint density at radius 2 is 2.43 bits per heavy atom. The average molecular weight is 441 g/mol. The van der Waals surface area contributed by atoms with Gasteiger partial charge in [-0.2, -0.15) is 0 Å². The molecule has 1 aromatic heterocycles. The van der Waals surface area contributed by atoms with Crippen LogP contribution in [0.1, 0.15) is 12.5 Å². The number of H-pyrrole nitrogens is 1. The quantitative estimate of drug-likeness (QED) is 0.0961. The standard InChI is InChI=1S/C12H18IN4O2S2/c1-9(13-19-8-21-20-3)17(2)6-4-5-10-7-15-12(18)16-11(10)14/h7,9H,6,8H2,1-3H3,(H3,14,15,16,18)/q-1. The Balaban J connectivity index is 2.43. The molecule has 21 heavy (non-hydrogen) atoms. The second kappa shape index (κ2) is 10.3. The fourth-order valence-electron chi connectivity index (χ4n) is 1.14. The van der Waals surface area contributed by atoms with E-state index in [0.717, 1.165) is 5.94 Å². The number of aromatic nitrogens is 2. The molecule has 1 aromatic rings. The van der Waals surface area contributed by atoms with E-state index in [2.05, 4.69) is 33.6 Å². The summed E-state index contributed by atoms with van der Waals surface area (Å²) in [4.78, 5) is 19.1. The molecule has 0 radical (unpaired) electrons. The Labute approximate surface area is 143 Å². The first-order chi connectivity index (χ1) is 10.0. The van der Waals surface area contributed by atoms with Gasteiger partial charge in [0.2, 0.25) is 0 Å². The van der Waals surface area contributed by atoms with Gasteiger partial charge in [-0.25, -0.2) is 0 Å². The van der Waals surface area contributed by atoms with Gasteiger partial charge in [0.1, 0.15) is 0 Å². The van der Waals surface area contributed by atoms with Crippen molar-refractivity contribution in [3.63, 3.8) is 0 Å². The molecule has 0 saturated heterocycles. The van der Waals surface area contributed by atoms with Crippen LogP contribution in [0.25, 0.3) is 0 Å². The van der Waals surface area contributed by atoms with Gasteiger partial charge in [-0.3, -0.25) is 0 Å². The van der Waals surface area contributed by atoms with E-state index in [0.29, 0.717) is 16.2 Å². The second-order valence-electron chi connectivity index (χ2n) is 3.91. The monoisotopic (exact) mass is 441 g/mol. The van der Waals surface area contributed by atoms with Crippen LogP contribution in [0.3, 0.4) is 0 Å². The van der Waals surface area contributed by atoms with Gasteiger partial charge in [0.25, 0.3) is 0 Å². The molecule has 0 amide bonds. The molecule has 0 aliphatic carbocycles. The van der Waals surface area contributed by atoms with E-state index in [1.54, 1.807) is 21.6 Å². The molecule has 118 valence electrons. The SMILES string of the molecule is CSSCO[I-]C(C)N(C)CC#Cc1cnc(=O)[nH]c1N. The topological polar surface area (TPSA) is 84.2 Å². The number of nitrogen functional groups attached to an aromatic ring is 1. The third-order valence-corrected chi connectivity index (χ3v) is 6.63. The molecule has 0 spiro atoms. The van der Waals surface area contributed by atoms with Crippen molar-refractivity contribution < 1.29 is 24.7 Å². The van der Waals surface area contributed by atoms with Crippen LogP contribution in [0, 0.1) is 11.8 Å². The van der Waals surface area contributed by atoms with E-state index in [4.69, 9.17) is 8.80 Å². The summed E-state index contributed by atoms with van der Waals surface area (Å²) in [5.41, 5.74) is 5.74. The van der Waals surface area contributed by atoms with Gasteiger partial charge in [-0.1, -0.05) is 0 Å². The maximum absolute atomic E-state index is 10.9. The Morgan fingerprint density at radius 1 is 1.67 bits per heavy atom. The van der Waals surface area contributed by atoms with E-state index in [9.17, 15) is 4.79 Å². The summed E-state index contributed by atoms with van der Waals surface area (Å²) in [5, 5.41) is 0. The molecule has 6 nitrogen and oxygen atoms in total. The molecule has 0 fully saturated rings. The Morgan fingerprint density at radius 3 is 3.10 bits per heavy atom. The molecule has 1 heterocycles. The first-order valence-corrected chi connectivity index (χ1v) is 10.8. The molecular formula is C12H18IN4O2S2-. The van der Waals surface area contributed by atoms with E-state index < -0.39 is 5.69 Å². The number of rotatable bonds is 7. The number of nitrogens with zero attached hydrogens (tertiary/aromatic N) is 2. The van der Waals surface area contributed by atoms with Crippen LogP contribution in [0.4, 0.5) is 5.82 Å². The zero-order chi connectivity index (χ0) is 15.7. The fraction of sp³-hybridized carbons (Fsp3) is 0.500. The minimum atomic E-state index is -0.464. The van der Waals surface area contributed by atoms with Crippen LogP contribution < -0.4 is 33.0 Å². The molecular weight excluding hydrogens is 423 g/mol. The first-order valence-electron chi connectivity index (χ1n) is 5.99. The van der Waals surface area contributed by atoms with Gasteiger partial charge >= 0.3 is 144 Å². The molecule has 9 heteroatoms. The summed E-state index contributed by atoms with van der Waals surface area (Å²) < 4.78 is 6.03. The molecule has 1 unspecified atom stereocenters. The van der Waals surface area contributed by atoms with Gasteiger partial charge in [0, 0.05) is 0 Å². The normalized spacial score (nSPS) is 12.2. The van der Waals surface area contributed by atoms with Crippen molar-refractivity contribution in [1.29, 1.82) is 0 Å². The van der Waals surface area contributed by atoms with E-state index in [-0.39, 0.29) is 27.4 Å². The number of nitrogens with two attached hydrogens (primary N) is 1. The summed E-state index contributed by atoms with van der Waals surface area (Å²) in [7, 11) is 5.42. The van der Waals surface area contributed by atoms with Crippen molar-refractivity contribution in [2.75, 3.05) is 31.5 Å². The number of alkyl halides is 1. The number of anilines is 1. The number of hydrogen-bond donors (Lipinski definition) is 2. The maximum atomic E-state index is 10.9. The van der Waals surface area contributed by atoms with Crippen molar-refractivity contribution in [2.45, 2.75) is 11.0 Å². The average Bonchev–Trinajstić information content (AvgIpc) is 2.45. The zero-order valence-electron chi connectivity index (χ0n) is 12.1. The van der Waals surface area contributed by atoms with Crippen molar-refractivity contribution in [3.8, 4) is 11.8 Å². The van der Waals surface area contributed by atoms with Gasteiger partial charge < -0.3 is 0 Å². The number of nitrogens with one attached hydrogen (secondary N) is 1. The predicted molar refractivity (Wildman–Crippen MR) is 85.3 cm³/mol. The molecule has 1 rings (SSSR count). The third-order valence-electron chi connectivity index (χ3n) is 2.40. The van der Waals surface area contributed by atoms with Gasteiger partial charge in [-0.05, 0) is 0 Å². The minimum absolute atomic E-state index is 0.253. The summed E-state index contributed by atoms with van der Waals surface area (Å²) in [5.74, 6) is 6.93. The summed E-state index contributed by atoms with van der Waals surface area (Å²) >= 11 is -0.335. The Kier molecular flexibility index (Phi) is 9.18. The van der Waals surface area contributed by atoms with Gasteiger partial charge in [0.15, 0.2) is 0 Å². The fourth-order valence-corrected chi connectivity index (χ4v) is 4.21. The second-order valence-corrected chi connectivity index (χ2v) is 9.35. The molecule has 0 bridgehead atoms. The molecule has 0 aliphatic rings. The predicted octanol–water partition coefficient (Wildman–Crippen LogP) is -2.03. The van der Waals surface area contributed by atoms with Crippen LogP contribution in [0.2, 0.25) is 0 Å². The van der Waals surface area contributed by atoms with Crippen LogP contribution in [-0.4, -0.2) is 44.7 Å². The number of halogens is 1. The summed E-state index contributed by atoms with van der Waals surface area (Å²) in [6.45, 7) is 2.74. The number of aromatic amines is 1. The van der Waals surface area contributed by atoms with Crippen molar-refractivity contribution in [2.24, 2.45) is 0 Å². The van der Waals surface area contributed by atoms with Gasteiger partial charge in [-0.15, -0.1) is 0 Å². The third kappa shape index (κ3) is 7.42. The molecule has 0 saturated carbocycles. The molecule has 0 aromatic carbocycles. The van der Waals surface area contributed by atoms with E-state index >= 15 is 0 Å². The zero-order valence-corrected chi connectivity index (χ0v) is 15.8. The Bertz CT molecular complexity index is 558. The van der Waals surface area contributed by atoms with Crippen molar-refractivity contribution >= 4 is 27.4 Å².